The molecule has 392 valence electrons. The van der Waals surface area contributed by atoms with Crippen LogP contribution < -0.4 is 41.8 Å². The summed E-state index contributed by atoms with van der Waals surface area (Å²) in [6.45, 7) is 9.09. The van der Waals surface area contributed by atoms with E-state index in [1.54, 1.807) is 39.2 Å². The standard InChI is InChI=1S/C50H70N10O12/c1-5-6-7-16-54-46-45-37(57-49(51)58-46)14-20-60(45)30-35-10-8-33(26-40(35)69-4)29-59(21-19-52-32-62)22-24-70-31-34-9-11-39(71-44-28-36(63)27-41(72-44)47(66)67)38(25-34)56-43(65)13-17-53-42(64)12-18-55-48(68)50(2,3)15-23-61/h8-11,14,20,23,25-26,32,36,41,44,63H,5-7,12-13,15-19,21-22,24,27-31H2,1-4H3,(H,52,62)(H,53,64)(H,55,68)(H,56,65)(H,66,67)(H3,51,54,57,58). The van der Waals surface area contributed by atoms with Gasteiger partial charge in [0.15, 0.2) is 11.9 Å². The summed E-state index contributed by atoms with van der Waals surface area (Å²) in [4.78, 5) is 82.9. The van der Waals surface area contributed by atoms with Crippen LogP contribution in [0.2, 0.25) is 0 Å². The van der Waals surface area contributed by atoms with E-state index in [2.05, 4.69) is 52.9 Å². The normalized spacial score (nSPS) is 15.7. The van der Waals surface area contributed by atoms with Gasteiger partial charge in [0.25, 0.3) is 0 Å². The average Bonchev–Trinajstić information content (AvgIpc) is 3.74. The van der Waals surface area contributed by atoms with Gasteiger partial charge in [-0.25, -0.2) is 9.78 Å². The molecule has 2 aromatic heterocycles. The van der Waals surface area contributed by atoms with Crippen LogP contribution in [0.4, 0.5) is 17.5 Å². The predicted molar refractivity (Wildman–Crippen MR) is 268 cm³/mol. The van der Waals surface area contributed by atoms with Crippen LogP contribution in [0.15, 0.2) is 48.7 Å². The fraction of sp³-hybridized carbons (Fsp3) is 0.520. The number of aliphatic hydroxyl groups excluding tert-OH is 1. The van der Waals surface area contributed by atoms with E-state index >= 15 is 0 Å². The molecular weight excluding hydrogens is 933 g/mol. The molecule has 3 heterocycles. The number of hydrogen-bond acceptors (Lipinski definition) is 16. The number of aliphatic carboxylic acids is 1. The van der Waals surface area contributed by atoms with Crippen LogP contribution >= 0.6 is 0 Å². The van der Waals surface area contributed by atoms with Crippen LogP contribution in [0.1, 0.15) is 88.8 Å². The highest BCUT2D eigenvalue weighted by atomic mass is 16.7. The molecule has 1 fully saturated rings. The fourth-order valence-electron chi connectivity index (χ4n) is 7.91. The number of unbranched alkanes of at least 4 members (excludes halogenated alkanes) is 2. The van der Waals surface area contributed by atoms with Crippen molar-refractivity contribution in [3.63, 3.8) is 0 Å². The van der Waals surface area contributed by atoms with Crippen molar-refractivity contribution in [3.05, 3.63) is 65.4 Å². The fourth-order valence-corrected chi connectivity index (χ4v) is 7.91. The zero-order valence-corrected chi connectivity index (χ0v) is 41.6. The molecule has 1 saturated heterocycles. The molecule has 5 rings (SSSR count). The molecule has 72 heavy (non-hydrogen) atoms. The first-order chi connectivity index (χ1) is 34.6. The van der Waals surface area contributed by atoms with Crippen LogP contribution in [0.5, 0.6) is 11.5 Å². The third kappa shape index (κ3) is 17.5. The highest BCUT2D eigenvalue weighted by molar-refractivity contribution is 5.93. The Kier molecular flexibility index (Phi) is 22.0. The number of fused-ring (bicyclic) bond motifs is 1. The van der Waals surface area contributed by atoms with Gasteiger partial charge in [-0.2, -0.15) is 4.98 Å². The number of carbonyl (C=O) groups is 6. The second kappa shape index (κ2) is 28.2. The van der Waals surface area contributed by atoms with Gasteiger partial charge in [-0.3, -0.25) is 24.1 Å². The number of anilines is 3. The van der Waals surface area contributed by atoms with Crippen molar-refractivity contribution in [1.82, 2.24) is 35.4 Å². The van der Waals surface area contributed by atoms with Crippen LogP contribution in [0, 0.1) is 5.41 Å². The first-order valence-corrected chi connectivity index (χ1v) is 24.3. The molecule has 0 saturated carbocycles. The summed E-state index contributed by atoms with van der Waals surface area (Å²) in [7, 11) is 1.63. The van der Waals surface area contributed by atoms with Gasteiger partial charge in [0.05, 0.1) is 49.6 Å². The Balaban J connectivity index is 1.21. The number of carboxylic acid groups (broad SMARTS) is 1. The number of carboxylic acids is 1. The largest absolute Gasteiger partial charge is 0.496 e. The molecule has 22 nitrogen and oxygen atoms in total. The number of aromatic nitrogens is 3. The zero-order valence-electron chi connectivity index (χ0n) is 41.6. The van der Waals surface area contributed by atoms with Crippen molar-refractivity contribution in [3.8, 4) is 11.5 Å². The molecule has 3 atom stereocenters. The SMILES string of the molecule is CCCCCNc1nc(N)nc2ccn(Cc3ccc(CN(CCNC=O)CCOCc4ccc(OC5CC(O)CC(C(=O)O)O5)c(NC(=O)CCNC(=O)CCNC(=O)C(C)(C)CC=O)c4)cc3OC)c12. The van der Waals surface area contributed by atoms with Crippen molar-refractivity contribution < 1.29 is 57.9 Å². The van der Waals surface area contributed by atoms with E-state index in [9.17, 15) is 39.0 Å². The van der Waals surface area contributed by atoms with E-state index < -0.39 is 41.7 Å². The van der Waals surface area contributed by atoms with Crippen molar-refractivity contribution >= 4 is 64.9 Å². The number of nitrogens with two attached hydrogens (primary N) is 1. The molecular formula is C50H70N10O12. The van der Waals surface area contributed by atoms with Gasteiger partial charge in [0.1, 0.15) is 23.3 Å². The number of benzene rings is 2. The smallest absolute Gasteiger partial charge is 0.333 e. The van der Waals surface area contributed by atoms with Gasteiger partial charge in [-0.15, -0.1) is 0 Å². The molecule has 3 unspecified atom stereocenters. The van der Waals surface area contributed by atoms with Gasteiger partial charge < -0.3 is 70.8 Å². The molecule has 4 amide bonds. The number of aliphatic hydroxyl groups is 1. The molecule has 9 N–H and O–H groups in total. The third-order valence-corrected chi connectivity index (χ3v) is 11.9. The van der Waals surface area contributed by atoms with E-state index in [0.29, 0.717) is 69.2 Å². The number of rotatable bonds is 32. The van der Waals surface area contributed by atoms with Crippen LogP contribution in [-0.2, 0) is 57.9 Å². The lowest BCUT2D eigenvalue weighted by Crippen LogP contribution is -2.42. The molecule has 1 aliphatic heterocycles. The predicted octanol–water partition coefficient (Wildman–Crippen LogP) is 3.33. The van der Waals surface area contributed by atoms with E-state index in [1.165, 1.54) is 0 Å². The van der Waals surface area contributed by atoms with Gasteiger partial charge in [0.2, 0.25) is 36.4 Å². The molecule has 22 heteroatoms. The van der Waals surface area contributed by atoms with Gasteiger partial charge in [-0.05, 0) is 41.8 Å². The molecule has 0 radical (unpaired) electrons. The molecule has 1 aliphatic rings. The number of methoxy groups -OCH3 is 1. The second-order valence-electron chi connectivity index (χ2n) is 18.2. The van der Waals surface area contributed by atoms with Crippen molar-refractivity contribution in [2.24, 2.45) is 5.41 Å². The zero-order chi connectivity index (χ0) is 52.0. The third-order valence-electron chi connectivity index (χ3n) is 11.9. The van der Waals surface area contributed by atoms with Crippen molar-refractivity contribution in [1.29, 1.82) is 0 Å². The number of nitrogens with one attached hydrogen (secondary N) is 5. The van der Waals surface area contributed by atoms with Crippen LogP contribution in [-0.4, -0.2) is 138 Å². The van der Waals surface area contributed by atoms with Crippen molar-refractivity contribution in [2.75, 3.05) is 69.4 Å². The minimum atomic E-state index is -1.29. The minimum absolute atomic E-state index is 0.00576. The lowest BCUT2D eigenvalue weighted by Gasteiger charge is -2.31. The monoisotopic (exact) mass is 1000 g/mol. The lowest BCUT2D eigenvalue weighted by atomic mass is 9.89. The minimum Gasteiger partial charge on any atom is -0.496 e. The van der Waals surface area contributed by atoms with E-state index in [-0.39, 0.29) is 75.1 Å². The Bertz CT molecular complexity index is 2450. The number of nitrogen functional groups attached to an aromatic ring is 1. The molecule has 2 aromatic carbocycles. The molecule has 0 spiro atoms. The Morgan fingerprint density at radius 1 is 0.944 bits per heavy atom. The van der Waals surface area contributed by atoms with Gasteiger partial charge in [-0.1, -0.05) is 51.8 Å². The van der Waals surface area contributed by atoms with Gasteiger partial charge >= 0.3 is 5.97 Å². The van der Waals surface area contributed by atoms with E-state index in [0.717, 1.165) is 48.0 Å². The number of nitrogens with zero attached hydrogens (tertiary/aromatic N) is 4. The first kappa shape index (κ1) is 56.0. The van der Waals surface area contributed by atoms with E-state index in [1.807, 2.05) is 30.5 Å². The summed E-state index contributed by atoms with van der Waals surface area (Å²) in [5, 5.41) is 34.2. The summed E-state index contributed by atoms with van der Waals surface area (Å²) in [6, 6.07) is 12.9. The first-order valence-electron chi connectivity index (χ1n) is 24.3. The Labute approximate surface area is 419 Å². The highest BCUT2D eigenvalue weighted by Crippen LogP contribution is 2.32. The maximum atomic E-state index is 13.2. The maximum Gasteiger partial charge on any atom is 0.333 e. The Morgan fingerprint density at radius 2 is 1.72 bits per heavy atom. The molecule has 0 aliphatic carbocycles. The number of hydrogen-bond donors (Lipinski definition) is 8. The average molecular weight is 1000 g/mol. The number of amides is 4. The summed E-state index contributed by atoms with van der Waals surface area (Å²) in [6.07, 6.45) is 2.86. The quantitative estimate of drug-likeness (QED) is 0.0257. The summed E-state index contributed by atoms with van der Waals surface area (Å²) >= 11 is 0. The van der Waals surface area contributed by atoms with Gasteiger partial charge in [0, 0.05) is 89.7 Å². The van der Waals surface area contributed by atoms with Crippen molar-refractivity contribution in [2.45, 2.75) is 110 Å². The molecule has 4 aromatic rings. The van der Waals surface area contributed by atoms with E-state index in [4.69, 9.17) is 24.7 Å². The second-order valence-corrected chi connectivity index (χ2v) is 18.2. The maximum absolute atomic E-state index is 13.2. The Morgan fingerprint density at radius 3 is 2.47 bits per heavy atom. The number of aldehydes is 1. The summed E-state index contributed by atoms with van der Waals surface area (Å²) < 4.78 is 25.7. The number of ether oxygens (including phenoxy) is 4. The van der Waals surface area contributed by atoms with Crippen LogP contribution in [0.25, 0.3) is 11.0 Å². The summed E-state index contributed by atoms with van der Waals surface area (Å²) in [5.74, 6) is -0.719. The molecule has 0 bridgehead atoms. The highest BCUT2D eigenvalue weighted by Gasteiger charge is 2.34. The summed E-state index contributed by atoms with van der Waals surface area (Å²) in [5.41, 5.74) is 9.55. The lowest BCUT2D eigenvalue weighted by molar-refractivity contribution is -0.195. The topological polar surface area (TPSA) is 300 Å². The van der Waals surface area contributed by atoms with Crippen LogP contribution in [0.3, 0.4) is 0 Å². The Hall–Kier alpha value is -6.88. The number of carbonyl (C=O) groups excluding carboxylic acids is 5.